The molecule has 0 atom stereocenters. The van der Waals surface area contributed by atoms with Gasteiger partial charge in [-0.15, -0.1) is 0 Å². The number of nitriles is 1. The lowest BCUT2D eigenvalue weighted by molar-refractivity contribution is -0.117. The van der Waals surface area contributed by atoms with Crippen LogP contribution in [0.1, 0.15) is 21.5 Å². The number of carbonyl (C=O) groups is 2. The van der Waals surface area contributed by atoms with Gasteiger partial charge in [-0.2, -0.15) is 5.26 Å². The molecular weight excluding hydrogens is 372 g/mol. The van der Waals surface area contributed by atoms with Gasteiger partial charge in [0, 0.05) is 6.54 Å². The predicted octanol–water partition coefficient (Wildman–Crippen LogP) is 2.76. The van der Waals surface area contributed by atoms with Gasteiger partial charge in [0.25, 0.3) is 5.91 Å². The number of rotatable bonds is 8. The van der Waals surface area contributed by atoms with Crippen molar-refractivity contribution < 1.29 is 23.8 Å². The third-order valence-corrected chi connectivity index (χ3v) is 4.18. The second-order valence-corrected chi connectivity index (χ2v) is 5.94. The summed E-state index contributed by atoms with van der Waals surface area (Å²) in [5.74, 6) is 0.170. The van der Waals surface area contributed by atoms with E-state index in [0.717, 1.165) is 5.56 Å². The molecule has 0 bridgehead atoms. The molecule has 0 aliphatic heterocycles. The van der Waals surface area contributed by atoms with Crippen molar-refractivity contribution in [3.05, 3.63) is 64.7 Å². The molecule has 0 unspecified atom stereocenters. The highest BCUT2D eigenvalue weighted by Crippen LogP contribution is 2.27. The van der Waals surface area contributed by atoms with Crippen molar-refractivity contribution >= 4 is 18.0 Å². The number of methoxy groups -OCH3 is 3. The Morgan fingerprint density at radius 3 is 2.45 bits per heavy atom. The molecule has 29 heavy (non-hydrogen) atoms. The average Bonchev–Trinajstić information content (AvgIpc) is 2.76. The summed E-state index contributed by atoms with van der Waals surface area (Å²) in [6.45, 7) is 0.325. The Bertz CT molecular complexity index is 960. The van der Waals surface area contributed by atoms with Crippen LogP contribution in [0.4, 0.5) is 0 Å². The minimum atomic E-state index is -0.539. The van der Waals surface area contributed by atoms with E-state index in [1.165, 1.54) is 13.2 Å². The highest BCUT2D eigenvalue weighted by molar-refractivity contribution is 6.03. The number of nitrogens with one attached hydrogen (secondary N) is 1. The van der Waals surface area contributed by atoms with E-state index >= 15 is 0 Å². The molecule has 0 aliphatic carbocycles. The van der Waals surface area contributed by atoms with E-state index < -0.39 is 11.9 Å². The van der Waals surface area contributed by atoms with Gasteiger partial charge < -0.3 is 19.5 Å². The lowest BCUT2D eigenvalue weighted by Gasteiger charge is -2.10. The van der Waals surface area contributed by atoms with Crippen molar-refractivity contribution in [1.29, 1.82) is 5.26 Å². The zero-order chi connectivity index (χ0) is 21.2. The van der Waals surface area contributed by atoms with Crippen LogP contribution >= 0.6 is 0 Å². The minimum Gasteiger partial charge on any atom is -0.493 e. The lowest BCUT2D eigenvalue weighted by atomic mass is 10.0. The normalized spacial score (nSPS) is 10.6. The molecule has 0 aliphatic rings. The van der Waals surface area contributed by atoms with Crippen molar-refractivity contribution in [2.24, 2.45) is 0 Å². The SMILES string of the molecule is COC(=O)c1ccccc1/C=C(\C#N)C(=O)NCCc1ccc(OC)c(OC)c1. The molecule has 7 nitrogen and oxygen atoms in total. The molecule has 0 spiro atoms. The van der Waals surface area contributed by atoms with Crippen molar-refractivity contribution in [2.75, 3.05) is 27.9 Å². The minimum absolute atomic E-state index is 0.103. The van der Waals surface area contributed by atoms with Crippen LogP contribution in [-0.4, -0.2) is 39.8 Å². The van der Waals surface area contributed by atoms with Crippen molar-refractivity contribution in [1.82, 2.24) is 5.32 Å². The van der Waals surface area contributed by atoms with Crippen LogP contribution in [0.15, 0.2) is 48.0 Å². The topological polar surface area (TPSA) is 97.7 Å². The zero-order valence-electron chi connectivity index (χ0n) is 16.5. The van der Waals surface area contributed by atoms with E-state index in [9.17, 15) is 14.9 Å². The number of benzene rings is 2. The summed E-state index contributed by atoms with van der Waals surface area (Å²) in [6, 6.07) is 14.0. The van der Waals surface area contributed by atoms with Gasteiger partial charge in [0.05, 0.1) is 26.9 Å². The van der Waals surface area contributed by atoms with E-state index in [1.807, 2.05) is 18.2 Å². The third-order valence-electron chi connectivity index (χ3n) is 4.18. The predicted molar refractivity (Wildman–Crippen MR) is 108 cm³/mol. The van der Waals surface area contributed by atoms with Gasteiger partial charge in [-0.25, -0.2) is 4.79 Å². The standard InChI is InChI=1S/C22H22N2O5/c1-27-19-9-8-15(12-20(19)28-2)10-11-24-21(25)17(14-23)13-16-6-4-5-7-18(16)22(26)29-3/h4-9,12-13H,10-11H2,1-3H3,(H,24,25)/b17-13+. The monoisotopic (exact) mass is 394 g/mol. The van der Waals surface area contributed by atoms with Crippen LogP contribution in [0.5, 0.6) is 11.5 Å². The molecule has 2 aromatic rings. The van der Waals surface area contributed by atoms with Crippen LogP contribution in [-0.2, 0) is 16.0 Å². The number of hydrogen-bond donors (Lipinski definition) is 1. The number of carbonyl (C=O) groups excluding carboxylic acids is 2. The Morgan fingerprint density at radius 2 is 1.79 bits per heavy atom. The molecule has 0 aromatic heterocycles. The zero-order valence-corrected chi connectivity index (χ0v) is 16.5. The van der Waals surface area contributed by atoms with Gasteiger partial charge in [0.2, 0.25) is 0 Å². The molecule has 2 aromatic carbocycles. The molecule has 7 heteroatoms. The van der Waals surface area contributed by atoms with Gasteiger partial charge in [0.15, 0.2) is 11.5 Å². The molecule has 2 rings (SSSR count). The first-order valence-corrected chi connectivity index (χ1v) is 8.82. The molecule has 150 valence electrons. The second kappa shape index (κ2) is 10.5. The Labute approximate surface area is 169 Å². The fraction of sp³-hybridized carbons (Fsp3) is 0.227. The van der Waals surface area contributed by atoms with Gasteiger partial charge in [-0.05, 0) is 41.8 Å². The Balaban J connectivity index is 2.07. The molecule has 0 saturated heterocycles. The summed E-state index contributed by atoms with van der Waals surface area (Å²) >= 11 is 0. The molecule has 0 fully saturated rings. The van der Waals surface area contributed by atoms with Crippen molar-refractivity contribution in [2.45, 2.75) is 6.42 Å². The summed E-state index contributed by atoms with van der Waals surface area (Å²) in [5.41, 5.74) is 1.56. The maximum Gasteiger partial charge on any atom is 0.338 e. The van der Waals surface area contributed by atoms with Crippen LogP contribution in [0.2, 0.25) is 0 Å². The summed E-state index contributed by atoms with van der Waals surface area (Å²) < 4.78 is 15.2. The van der Waals surface area contributed by atoms with Gasteiger partial charge >= 0.3 is 5.97 Å². The summed E-state index contributed by atoms with van der Waals surface area (Å²) in [4.78, 5) is 24.2. The second-order valence-electron chi connectivity index (χ2n) is 5.94. The Hall–Kier alpha value is -3.79. The largest absolute Gasteiger partial charge is 0.493 e. The summed E-state index contributed by atoms with van der Waals surface area (Å²) in [6.07, 6.45) is 1.92. The number of amides is 1. The van der Waals surface area contributed by atoms with Gasteiger partial charge in [0.1, 0.15) is 11.6 Å². The van der Waals surface area contributed by atoms with E-state index in [-0.39, 0.29) is 11.1 Å². The first-order chi connectivity index (χ1) is 14.0. The molecule has 0 saturated carbocycles. The lowest BCUT2D eigenvalue weighted by Crippen LogP contribution is -2.26. The molecular formula is C22H22N2O5. The molecule has 0 heterocycles. The maximum absolute atomic E-state index is 12.4. The number of nitrogens with zero attached hydrogens (tertiary/aromatic N) is 1. The van der Waals surface area contributed by atoms with Crippen LogP contribution in [0.3, 0.4) is 0 Å². The average molecular weight is 394 g/mol. The van der Waals surface area contributed by atoms with Gasteiger partial charge in [-0.1, -0.05) is 24.3 Å². The first-order valence-electron chi connectivity index (χ1n) is 8.82. The van der Waals surface area contributed by atoms with E-state index in [2.05, 4.69) is 5.32 Å². The Morgan fingerprint density at radius 1 is 1.07 bits per heavy atom. The van der Waals surface area contributed by atoms with E-state index in [4.69, 9.17) is 14.2 Å². The molecule has 1 amide bonds. The van der Waals surface area contributed by atoms with E-state index in [1.54, 1.807) is 44.6 Å². The van der Waals surface area contributed by atoms with Crippen LogP contribution in [0.25, 0.3) is 6.08 Å². The van der Waals surface area contributed by atoms with Gasteiger partial charge in [-0.3, -0.25) is 4.79 Å². The maximum atomic E-state index is 12.4. The number of ether oxygens (including phenoxy) is 3. The number of hydrogen-bond acceptors (Lipinski definition) is 6. The fourth-order valence-electron chi connectivity index (χ4n) is 2.67. The highest BCUT2D eigenvalue weighted by atomic mass is 16.5. The molecule has 1 N–H and O–H groups in total. The molecule has 0 radical (unpaired) electrons. The van der Waals surface area contributed by atoms with Crippen molar-refractivity contribution in [3.63, 3.8) is 0 Å². The fourth-order valence-corrected chi connectivity index (χ4v) is 2.67. The third kappa shape index (κ3) is 5.59. The summed E-state index contributed by atoms with van der Waals surface area (Å²) in [5, 5.41) is 12.1. The first kappa shape index (κ1) is 21.5. The Kier molecular flexibility index (Phi) is 7.80. The van der Waals surface area contributed by atoms with Crippen molar-refractivity contribution in [3.8, 4) is 17.6 Å². The van der Waals surface area contributed by atoms with E-state index in [0.29, 0.717) is 30.0 Å². The summed E-state index contributed by atoms with van der Waals surface area (Å²) in [7, 11) is 4.39. The quantitative estimate of drug-likeness (QED) is 0.420. The number of esters is 1. The smallest absolute Gasteiger partial charge is 0.338 e. The highest BCUT2D eigenvalue weighted by Gasteiger charge is 2.14. The van der Waals surface area contributed by atoms with Crippen LogP contribution in [0, 0.1) is 11.3 Å². The van der Waals surface area contributed by atoms with Crippen LogP contribution < -0.4 is 14.8 Å².